The van der Waals surface area contributed by atoms with E-state index in [1.54, 1.807) is 20.8 Å². The summed E-state index contributed by atoms with van der Waals surface area (Å²) in [6.45, 7) is 5.29. The minimum atomic E-state index is -1.01. The third kappa shape index (κ3) is 7.31. The Morgan fingerprint density at radius 2 is 1.81 bits per heavy atom. The Labute approximate surface area is 124 Å². The van der Waals surface area contributed by atoms with E-state index >= 15 is 0 Å². The molecule has 116 valence electrons. The second kappa shape index (κ2) is 7.64. The number of carboxylic acids is 1. The summed E-state index contributed by atoms with van der Waals surface area (Å²) in [5.74, 6) is -1.01. The zero-order chi connectivity index (χ0) is 15.9. The molecule has 0 fully saturated rings. The molecule has 1 rings (SSSR count). The van der Waals surface area contributed by atoms with Gasteiger partial charge in [0, 0.05) is 0 Å². The lowest BCUT2D eigenvalue weighted by Gasteiger charge is -2.26. The van der Waals surface area contributed by atoms with Crippen molar-refractivity contribution < 1.29 is 24.3 Å². The topological polar surface area (TPSA) is 76.1 Å². The number of carbonyl (C=O) groups is 2. The molecule has 21 heavy (non-hydrogen) atoms. The Balaban J connectivity index is 2.63. The zero-order valence-electron chi connectivity index (χ0n) is 12.5. The predicted molar refractivity (Wildman–Crippen MR) is 76.4 cm³/mol. The molecular weight excluding hydrogens is 274 g/mol. The van der Waals surface area contributed by atoms with Gasteiger partial charge in [0.25, 0.3) is 0 Å². The van der Waals surface area contributed by atoms with E-state index in [4.69, 9.17) is 14.7 Å². The van der Waals surface area contributed by atoms with Gasteiger partial charge in [-0.1, -0.05) is 30.3 Å². The number of hydrogen-bond donors (Lipinski definition) is 1. The largest absolute Gasteiger partial charge is 0.481 e. The molecule has 0 bridgehead atoms. The molecule has 1 amide bonds. The summed E-state index contributed by atoms with van der Waals surface area (Å²) in [6.07, 6.45) is -0.909. The van der Waals surface area contributed by atoms with Gasteiger partial charge in [-0.15, -0.1) is 0 Å². The number of hydrogen-bond acceptors (Lipinski definition) is 4. The molecule has 0 radical (unpaired) electrons. The van der Waals surface area contributed by atoms with Crippen LogP contribution in [-0.2, 0) is 21.0 Å². The molecule has 1 N–H and O–H groups in total. The van der Waals surface area contributed by atoms with Crippen LogP contribution in [0, 0.1) is 0 Å². The summed E-state index contributed by atoms with van der Waals surface area (Å²) in [6, 6.07) is 9.29. The first kappa shape index (κ1) is 17.0. The van der Waals surface area contributed by atoms with Gasteiger partial charge < -0.3 is 9.84 Å². The van der Waals surface area contributed by atoms with Crippen LogP contribution >= 0.6 is 0 Å². The Morgan fingerprint density at radius 1 is 1.19 bits per heavy atom. The average molecular weight is 295 g/mol. The number of benzene rings is 1. The highest BCUT2D eigenvalue weighted by Gasteiger charge is 2.23. The summed E-state index contributed by atoms with van der Waals surface area (Å²) in [5, 5.41) is 9.68. The third-order valence-corrected chi connectivity index (χ3v) is 2.36. The van der Waals surface area contributed by atoms with Crippen molar-refractivity contribution in [1.29, 1.82) is 0 Å². The lowest BCUT2D eigenvalue weighted by molar-refractivity contribution is -0.162. The van der Waals surface area contributed by atoms with Crippen molar-refractivity contribution in [3.8, 4) is 0 Å². The molecule has 6 nitrogen and oxygen atoms in total. The van der Waals surface area contributed by atoms with Crippen molar-refractivity contribution in [2.75, 3.05) is 6.54 Å². The molecule has 1 aromatic rings. The third-order valence-electron chi connectivity index (χ3n) is 2.36. The lowest BCUT2D eigenvalue weighted by Crippen LogP contribution is -2.38. The molecule has 0 aromatic heterocycles. The molecule has 0 saturated carbocycles. The van der Waals surface area contributed by atoms with Crippen LogP contribution in [0.3, 0.4) is 0 Å². The molecule has 6 heteroatoms. The number of nitrogens with zero attached hydrogens (tertiary/aromatic N) is 1. The Hall–Kier alpha value is -2.08. The van der Waals surface area contributed by atoms with Crippen molar-refractivity contribution in [2.24, 2.45) is 0 Å². The second-order valence-corrected chi connectivity index (χ2v) is 5.49. The van der Waals surface area contributed by atoms with Gasteiger partial charge in [0.05, 0.1) is 13.0 Å². The SMILES string of the molecule is CC(C)(C)OC(=O)N(CCC(=O)O)OCc1ccccc1. The van der Waals surface area contributed by atoms with Crippen LogP contribution in [-0.4, -0.2) is 34.4 Å². The van der Waals surface area contributed by atoms with Gasteiger partial charge in [-0.3, -0.25) is 9.63 Å². The summed E-state index contributed by atoms with van der Waals surface area (Å²) in [7, 11) is 0. The first-order valence-corrected chi connectivity index (χ1v) is 6.67. The van der Waals surface area contributed by atoms with Crippen LogP contribution in [0.2, 0.25) is 0 Å². The van der Waals surface area contributed by atoms with E-state index in [1.165, 1.54) is 0 Å². The Morgan fingerprint density at radius 3 is 2.33 bits per heavy atom. The van der Waals surface area contributed by atoms with Gasteiger partial charge in [-0.05, 0) is 26.3 Å². The first-order chi connectivity index (χ1) is 9.78. The molecule has 0 atom stereocenters. The highest BCUT2D eigenvalue weighted by molar-refractivity contribution is 5.70. The molecule has 0 heterocycles. The van der Waals surface area contributed by atoms with E-state index in [1.807, 2.05) is 30.3 Å². The van der Waals surface area contributed by atoms with E-state index in [0.29, 0.717) is 0 Å². The number of carbonyl (C=O) groups excluding carboxylic acids is 1. The predicted octanol–water partition coefficient (Wildman–Crippen LogP) is 2.83. The van der Waals surface area contributed by atoms with Crippen molar-refractivity contribution >= 4 is 12.1 Å². The van der Waals surface area contributed by atoms with Gasteiger partial charge in [0.15, 0.2) is 0 Å². The summed E-state index contributed by atoms with van der Waals surface area (Å²) in [5.41, 5.74) is 0.204. The van der Waals surface area contributed by atoms with Crippen LogP contribution in [0.15, 0.2) is 30.3 Å². The monoisotopic (exact) mass is 295 g/mol. The van der Waals surface area contributed by atoms with Crippen LogP contribution in [0.1, 0.15) is 32.8 Å². The smallest absolute Gasteiger partial charge is 0.434 e. The molecule has 0 unspecified atom stereocenters. The van der Waals surface area contributed by atoms with Crippen molar-refractivity contribution in [3.05, 3.63) is 35.9 Å². The minimum absolute atomic E-state index is 0.0723. The van der Waals surface area contributed by atoms with Gasteiger partial charge >= 0.3 is 12.1 Å². The maximum absolute atomic E-state index is 12.0. The molecule has 0 aliphatic carbocycles. The van der Waals surface area contributed by atoms with Crippen LogP contribution < -0.4 is 0 Å². The number of amides is 1. The number of hydroxylamine groups is 2. The summed E-state index contributed by atoms with van der Waals surface area (Å²) < 4.78 is 5.19. The van der Waals surface area contributed by atoms with Gasteiger partial charge in [0.2, 0.25) is 0 Å². The first-order valence-electron chi connectivity index (χ1n) is 6.67. The van der Waals surface area contributed by atoms with Crippen molar-refractivity contribution in [3.63, 3.8) is 0 Å². The van der Waals surface area contributed by atoms with Crippen LogP contribution in [0.5, 0.6) is 0 Å². The van der Waals surface area contributed by atoms with E-state index in [2.05, 4.69) is 0 Å². The highest BCUT2D eigenvalue weighted by atomic mass is 16.7. The number of rotatable bonds is 6. The number of aliphatic carboxylic acids is 1. The number of carboxylic acid groups (broad SMARTS) is 1. The quantitative estimate of drug-likeness (QED) is 0.817. The fraction of sp³-hybridized carbons (Fsp3) is 0.467. The molecule has 0 spiro atoms. The van der Waals surface area contributed by atoms with Crippen LogP contribution in [0.4, 0.5) is 4.79 Å². The lowest BCUT2D eigenvalue weighted by atomic mass is 10.2. The highest BCUT2D eigenvalue weighted by Crippen LogP contribution is 2.12. The summed E-state index contributed by atoms with van der Waals surface area (Å²) in [4.78, 5) is 28.0. The van der Waals surface area contributed by atoms with E-state index in [-0.39, 0.29) is 19.6 Å². The van der Waals surface area contributed by atoms with Gasteiger partial charge in [-0.25, -0.2) is 4.79 Å². The van der Waals surface area contributed by atoms with Crippen molar-refractivity contribution in [1.82, 2.24) is 5.06 Å². The Kier molecular flexibility index (Phi) is 6.17. The standard InChI is InChI=1S/C15H21NO5/c1-15(2,3)21-14(19)16(10-9-13(17)18)20-11-12-7-5-4-6-8-12/h4-8H,9-11H2,1-3H3,(H,17,18). The average Bonchev–Trinajstić information content (AvgIpc) is 2.37. The number of ether oxygens (including phenoxy) is 1. The van der Waals surface area contributed by atoms with Crippen LogP contribution in [0.25, 0.3) is 0 Å². The van der Waals surface area contributed by atoms with E-state index < -0.39 is 17.7 Å². The minimum Gasteiger partial charge on any atom is -0.481 e. The van der Waals surface area contributed by atoms with Crippen molar-refractivity contribution in [2.45, 2.75) is 39.4 Å². The molecule has 0 aliphatic rings. The van der Waals surface area contributed by atoms with Gasteiger partial charge in [0.1, 0.15) is 12.2 Å². The fourth-order valence-corrected chi connectivity index (χ4v) is 1.45. The molecule has 1 aromatic carbocycles. The van der Waals surface area contributed by atoms with E-state index in [0.717, 1.165) is 10.6 Å². The molecule has 0 saturated heterocycles. The molecule has 0 aliphatic heterocycles. The molecular formula is C15H21NO5. The fourth-order valence-electron chi connectivity index (χ4n) is 1.45. The normalized spacial score (nSPS) is 11.0. The second-order valence-electron chi connectivity index (χ2n) is 5.49. The zero-order valence-corrected chi connectivity index (χ0v) is 12.5. The van der Waals surface area contributed by atoms with Gasteiger partial charge in [-0.2, -0.15) is 5.06 Å². The van der Waals surface area contributed by atoms with E-state index in [9.17, 15) is 9.59 Å². The maximum atomic E-state index is 12.0. The Bertz CT molecular complexity index is 467. The maximum Gasteiger partial charge on any atom is 0.434 e. The summed E-state index contributed by atoms with van der Waals surface area (Å²) >= 11 is 0.